The van der Waals surface area contributed by atoms with Gasteiger partial charge in [0.1, 0.15) is 0 Å². The number of nitrogens with two attached hydrogens (primary N) is 4. The van der Waals surface area contributed by atoms with Crippen LogP contribution in [0.4, 0.5) is 0 Å². The third kappa shape index (κ3) is 11.4. The molecule has 0 aliphatic carbocycles. The predicted octanol–water partition coefficient (Wildman–Crippen LogP) is 0.552. The van der Waals surface area contributed by atoms with Crippen molar-refractivity contribution in [3.05, 3.63) is 21.9 Å². The number of rotatable bonds is 4. The maximum atomic E-state index is 8.06. The Balaban J connectivity index is 0. The minimum absolute atomic E-state index is 0. The van der Waals surface area contributed by atoms with Crippen molar-refractivity contribution in [2.24, 2.45) is 43.3 Å². The first-order valence-electron chi connectivity index (χ1n) is 6.68. The van der Waals surface area contributed by atoms with Crippen LogP contribution >= 0.6 is 23.7 Å². The second-order valence-corrected chi connectivity index (χ2v) is 5.76. The number of thiophene rings is 1. The zero-order valence-corrected chi connectivity index (χ0v) is 15.7. The first-order chi connectivity index (χ1) is 10.6. The van der Waals surface area contributed by atoms with Crippen molar-refractivity contribution < 1.29 is 5.11 Å². The van der Waals surface area contributed by atoms with Gasteiger partial charge in [-0.15, -0.1) is 33.9 Å². The van der Waals surface area contributed by atoms with Gasteiger partial charge >= 0.3 is 0 Å². The molecule has 9 nitrogen and oxygen atoms in total. The molecule has 0 amide bonds. The lowest BCUT2D eigenvalue weighted by atomic mass is 10.3. The fourth-order valence-electron chi connectivity index (χ4n) is 1.09. The van der Waals surface area contributed by atoms with Gasteiger partial charge in [0.15, 0.2) is 0 Å². The molecule has 24 heavy (non-hydrogen) atoms. The summed E-state index contributed by atoms with van der Waals surface area (Å²) >= 11 is 1.49. The second kappa shape index (κ2) is 12.3. The molecular formula is C13H25ClN8OS. The van der Waals surface area contributed by atoms with Gasteiger partial charge < -0.3 is 28.0 Å². The Bertz CT molecular complexity index is 562. The summed E-state index contributed by atoms with van der Waals surface area (Å²) in [5, 5.41) is 23.0. The van der Waals surface area contributed by atoms with E-state index in [1.165, 1.54) is 11.3 Å². The average Bonchev–Trinajstić information content (AvgIpc) is 2.91. The van der Waals surface area contributed by atoms with Crippen LogP contribution in [0.1, 0.15) is 37.4 Å². The lowest BCUT2D eigenvalue weighted by Crippen LogP contribution is -2.22. The number of halogens is 1. The summed E-state index contributed by atoms with van der Waals surface area (Å²) in [5.74, 6) is -0.164. The third-order valence-electron chi connectivity index (χ3n) is 1.95. The van der Waals surface area contributed by atoms with Crippen LogP contribution in [0.25, 0.3) is 0 Å². The number of hydrogen-bond donors (Lipinski definition) is 5. The normalized spacial score (nSPS) is 11.1. The highest BCUT2D eigenvalue weighted by Crippen LogP contribution is 2.18. The van der Waals surface area contributed by atoms with Crippen LogP contribution in [-0.4, -0.2) is 34.6 Å². The van der Waals surface area contributed by atoms with Gasteiger partial charge in [-0.05, 0) is 39.8 Å². The molecule has 0 aromatic carbocycles. The Kier molecular flexibility index (Phi) is 12.3. The molecule has 0 aliphatic rings. The van der Waals surface area contributed by atoms with E-state index in [1.807, 2.05) is 26.0 Å². The van der Waals surface area contributed by atoms with E-state index in [4.69, 9.17) is 28.0 Å². The van der Waals surface area contributed by atoms with E-state index in [0.717, 1.165) is 9.75 Å². The number of aliphatic hydroxyl groups is 1. The molecule has 1 aromatic rings. The lowest BCUT2D eigenvalue weighted by molar-refractivity contribution is 0.216. The van der Waals surface area contributed by atoms with Crippen molar-refractivity contribution in [3.8, 4) is 0 Å². The fraction of sp³-hybridized carbons (Fsp3) is 0.385. The van der Waals surface area contributed by atoms with Crippen LogP contribution in [0.15, 0.2) is 32.5 Å². The van der Waals surface area contributed by atoms with Crippen LogP contribution in [-0.2, 0) is 0 Å². The maximum absolute atomic E-state index is 8.06. The van der Waals surface area contributed by atoms with Gasteiger partial charge in [-0.3, -0.25) is 0 Å². The molecule has 0 radical (unpaired) electrons. The van der Waals surface area contributed by atoms with Crippen molar-refractivity contribution in [3.63, 3.8) is 0 Å². The largest absolute Gasteiger partial charge is 0.394 e. The van der Waals surface area contributed by atoms with E-state index in [0.29, 0.717) is 11.4 Å². The van der Waals surface area contributed by atoms with Crippen molar-refractivity contribution in [1.82, 2.24) is 0 Å². The summed E-state index contributed by atoms with van der Waals surface area (Å²) in [7, 11) is 0. The molecule has 1 aromatic heterocycles. The van der Waals surface area contributed by atoms with Gasteiger partial charge in [-0.25, -0.2) is 0 Å². The molecule has 1 rings (SSSR count). The number of hydrogen-bond acceptors (Lipinski definition) is 6. The molecule has 0 fully saturated rings. The highest BCUT2D eigenvalue weighted by Gasteiger charge is 2.05. The molecule has 0 unspecified atom stereocenters. The SMILES string of the molecule is C/C(=N\N=C(N)N)c1ccc(/C(C)=N/N=C(N)N)s1.CC(C)O.Cl. The summed E-state index contributed by atoms with van der Waals surface area (Å²) in [6.45, 7) is 7.06. The van der Waals surface area contributed by atoms with E-state index >= 15 is 0 Å². The maximum Gasteiger partial charge on any atom is 0.211 e. The summed E-state index contributed by atoms with van der Waals surface area (Å²) in [4.78, 5) is 1.86. The monoisotopic (exact) mass is 376 g/mol. The highest BCUT2D eigenvalue weighted by molar-refractivity contribution is 7.16. The Morgan fingerprint density at radius 3 is 1.42 bits per heavy atom. The molecule has 9 N–H and O–H groups in total. The Morgan fingerprint density at radius 1 is 0.875 bits per heavy atom. The topological polar surface area (TPSA) is 174 Å². The van der Waals surface area contributed by atoms with E-state index in [-0.39, 0.29) is 30.4 Å². The molecular weight excluding hydrogens is 352 g/mol. The van der Waals surface area contributed by atoms with Gasteiger partial charge in [0.25, 0.3) is 0 Å². The first kappa shape index (κ1) is 24.1. The average molecular weight is 377 g/mol. The molecule has 0 saturated carbocycles. The van der Waals surface area contributed by atoms with Gasteiger partial charge in [0.2, 0.25) is 11.9 Å². The van der Waals surface area contributed by atoms with Crippen LogP contribution < -0.4 is 22.9 Å². The molecule has 1 heterocycles. The minimum Gasteiger partial charge on any atom is -0.394 e. The van der Waals surface area contributed by atoms with E-state index in [2.05, 4.69) is 20.4 Å². The molecule has 0 saturated heterocycles. The van der Waals surface area contributed by atoms with Gasteiger partial charge in [0, 0.05) is 6.10 Å². The van der Waals surface area contributed by atoms with Crippen LogP contribution in [0.5, 0.6) is 0 Å². The second-order valence-electron chi connectivity index (χ2n) is 4.68. The Hall–Kier alpha value is -2.17. The van der Waals surface area contributed by atoms with E-state index in [9.17, 15) is 0 Å². The first-order valence-corrected chi connectivity index (χ1v) is 7.50. The molecule has 0 bridgehead atoms. The molecule has 11 heteroatoms. The summed E-state index contributed by atoms with van der Waals surface area (Å²) in [5.41, 5.74) is 22.2. The van der Waals surface area contributed by atoms with Crippen LogP contribution in [0, 0.1) is 0 Å². The molecule has 0 spiro atoms. The lowest BCUT2D eigenvalue weighted by Gasteiger charge is -1.94. The van der Waals surface area contributed by atoms with Crippen molar-refractivity contribution in [2.75, 3.05) is 0 Å². The summed E-state index contributed by atoms with van der Waals surface area (Å²) < 4.78 is 0. The van der Waals surface area contributed by atoms with Gasteiger partial charge in [0.05, 0.1) is 21.2 Å². The van der Waals surface area contributed by atoms with Crippen LogP contribution in [0.2, 0.25) is 0 Å². The van der Waals surface area contributed by atoms with Gasteiger partial charge in [-0.1, -0.05) is 0 Å². The van der Waals surface area contributed by atoms with E-state index in [1.54, 1.807) is 13.8 Å². The summed E-state index contributed by atoms with van der Waals surface area (Å²) in [6.07, 6.45) is -0.167. The van der Waals surface area contributed by atoms with Crippen molar-refractivity contribution >= 4 is 47.1 Å². The predicted molar refractivity (Wildman–Crippen MR) is 105 cm³/mol. The summed E-state index contributed by atoms with van der Waals surface area (Å²) in [6, 6.07) is 3.80. The Labute approximate surface area is 151 Å². The minimum atomic E-state index is -0.167. The molecule has 0 atom stereocenters. The highest BCUT2D eigenvalue weighted by atomic mass is 35.5. The third-order valence-corrected chi connectivity index (χ3v) is 3.25. The van der Waals surface area contributed by atoms with Crippen molar-refractivity contribution in [1.29, 1.82) is 0 Å². The molecule has 136 valence electrons. The number of guanidine groups is 2. The van der Waals surface area contributed by atoms with Crippen LogP contribution in [0.3, 0.4) is 0 Å². The molecule has 0 aliphatic heterocycles. The zero-order chi connectivity index (χ0) is 18.0. The van der Waals surface area contributed by atoms with E-state index < -0.39 is 0 Å². The Morgan fingerprint density at radius 2 is 1.17 bits per heavy atom. The number of nitrogens with zero attached hydrogens (tertiary/aromatic N) is 4. The standard InChI is InChI=1S/C10H16N8S.C3H8O.ClH/c1-5(15-17-9(11)12)7-3-4-8(19-7)6(2)16-18-10(13)14;1-3(2)4;/h3-4H,1-2H3,(H4,11,12,17)(H4,13,14,18);3-4H,1-2H3;1H/b15-5+,16-6+;;. The quantitative estimate of drug-likeness (QED) is 0.292. The van der Waals surface area contributed by atoms with Gasteiger partial charge in [-0.2, -0.15) is 10.2 Å². The number of aliphatic hydroxyl groups excluding tert-OH is 1. The fourth-order valence-corrected chi connectivity index (χ4v) is 1.98. The smallest absolute Gasteiger partial charge is 0.211 e. The zero-order valence-electron chi connectivity index (χ0n) is 14.1. The van der Waals surface area contributed by atoms with Crippen molar-refractivity contribution in [2.45, 2.75) is 33.8 Å².